The van der Waals surface area contributed by atoms with Gasteiger partial charge >= 0.3 is 0 Å². The van der Waals surface area contributed by atoms with E-state index in [4.69, 9.17) is 4.52 Å². The molecule has 5 heteroatoms. The monoisotopic (exact) mass is 272 g/mol. The number of hydrogen-bond acceptors (Lipinski definition) is 3. The molecule has 0 aliphatic heterocycles. The first-order valence-electron chi connectivity index (χ1n) is 6.75. The largest absolute Gasteiger partial charge is 0.364 e. The molecule has 0 fully saturated rings. The minimum absolute atomic E-state index is 0.593. The van der Waals surface area contributed by atoms with Crippen LogP contribution in [0.3, 0.4) is 0 Å². The van der Waals surface area contributed by atoms with Crippen molar-refractivity contribution in [1.82, 2.24) is 15.8 Å². The summed E-state index contributed by atoms with van der Waals surface area (Å²) in [5.41, 5.74) is 3.33. The topological polar surface area (TPSA) is 62.5 Å². The summed E-state index contributed by atoms with van der Waals surface area (Å²) in [5.74, 6) is 0.777. The Morgan fingerprint density at radius 3 is 2.80 bits per heavy atom. The lowest BCUT2D eigenvalue weighted by atomic mass is 10.1. The molecule has 5 nitrogen and oxygen atoms in total. The van der Waals surface area contributed by atoms with E-state index in [9.17, 15) is 0 Å². The zero-order valence-electron chi connectivity index (χ0n) is 11.9. The average molecular weight is 272 g/mol. The third-order valence-corrected chi connectivity index (χ3v) is 2.94. The lowest BCUT2D eigenvalue weighted by Gasteiger charge is -2.10. The van der Waals surface area contributed by atoms with Crippen molar-refractivity contribution in [2.24, 2.45) is 4.99 Å². The number of benzene rings is 1. The molecule has 0 radical (unpaired) electrons. The molecule has 0 saturated heterocycles. The van der Waals surface area contributed by atoms with Gasteiger partial charge in [0.25, 0.3) is 0 Å². The number of rotatable bonds is 5. The van der Waals surface area contributed by atoms with Crippen LogP contribution in [0.5, 0.6) is 0 Å². The van der Waals surface area contributed by atoms with Gasteiger partial charge in [-0.05, 0) is 25.0 Å². The molecule has 0 unspecified atom stereocenters. The summed E-state index contributed by atoms with van der Waals surface area (Å²) in [6.07, 6.45) is 1.56. The van der Waals surface area contributed by atoms with E-state index < -0.39 is 0 Å². The highest BCUT2D eigenvalue weighted by Crippen LogP contribution is 2.07. The Morgan fingerprint density at radius 1 is 1.25 bits per heavy atom. The Bertz CT molecular complexity index is 549. The van der Waals surface area contributed by atoms with Crippen LogP contribution in [0.15, 0.2) is 46.1 Å². The predicted octanol–water partition coefficient (Wildman–Crippen LogP) is 2.24. The number of nitrogens with zero attached hydrogens (tertiary/aromatic N) is 2. The van der Waals surface area contributed by atoms with Crippen molar-refractivity contribution in [2.45, 2.75) is 26.9 Å². The van der Waals surface area contributed by atoms with Crippen LogP contribution >= 0.6 is 0 Å². The molecule has 0 bridgehead atoms. The number of guanidine groups is 1. The first-order chi connectivity index (χ1) is 9.79. The van der Waals surface area contributed by atoms with Gasteiger partial charge in [-0.25, -0.2) is 4.99 Å². The van der Waals surface area contributed by atoms with Gasteiger partial charge < -0.3 is 15.2 Å². The lowest BCUT2D eigenvalue weighted by molar-refractivity contribution is 0.410. The van der Waals surface area contributed by atoms with Crippen molar-refractivity contribution >= 4 is 5.96 Å². The highest BCUT2D eigenvalue weighted by Gasteiger charge is 2.01. The molecule has 0 spiro atoms. The standard InChI is InChI=1S/C15H20N4O/c1-3-16-15(18-11-14-8-9-20-19-14)17-10-13-7-5-4-6-12(13)2/h4-9H,3,10-11H2,1-2H3,(H2,16,17,18). The van der Waals surface area contributed by atoms with Crippen LogP contribution in [-0.2, 0) is 13.1 Å². The van der Waals surface area contributed by atoms with E-state index >= 15 is 0 Å². The molecular formula is C15H20N4O. The quantitative estimate of drug-likeness (QED) is 0.647. The second kappa shape index (κ2) is 7.33. The van der Waals surface area contributed by atoms with Crippen LogP contribution in [0, 0.1) is 6.92 Å². The van der Waals surface area contributed by atoms with E-state index in [1.165, 1.54) is 11.1 Å². The summed E-state index contributed by atoms with van der Waals surface area (Å²) in [5, 5.41) is 10.3. The van der Waals surface area contributed by atoms with E-state index in [2.05, 4.69) is 39.8 Å². The van der Waals surface area contributed by atoms with Crippen molar-refractivity contribution < 1.29 is 4.52 Å². The molecule has 0 atom stereocenters. The highest BCUT2D eigenvalue weighted by atomic mass is 16.5. The third kappa shape index (κ3) is 4.12. The first kappa shape index (κ1) is 14.1. The number of aromatic nitrogens is 1. The van der Waals surface area contributed by atoms with Crippen LogP contribution in [0.4, 0.5) is 0 Å². The molecule has 1 aromatic heterocycles. The van der Waals surface area contributed by atoms with E-state index in [-0.39, 0.29) is 0 Å². The van der Waals surface area contributed by atoms with Gasteiger partial charge in [-0.1, -0.05) is 29.4 Å². The van der Waals surface area contributed by atoms with Gasteiger partial charge in [-0.3, -0.25) is 0 Å². The van der Waals surface area contributed by atoms with E-state index in [0.29, 0.717) is 13.1 Å². The molecule has 0 amide bonds. The van der Waals surface area contributed by atoms with E-state index in [1.54, 1.807) is 6.26 Å². The maximum atomic E-state index is 4.80. The van der Waals surface area contributed by atoms with E-state index in [0.717, 1.165) is 18.2 Å². The zero-order valence-corrected chi connectivity index (χ0v) is 11.9. The van der Waals surface area contributed by atoms with Crippen molar-refractivity contribution in [3.8, 4) is 0 Å². The second-order valence-electron chi connectivity index (χ2n) is 4.47. The number of aryl methyl sites for hydroxylation is 1. The molecule has 2 N–H and O–H groups in total. The Labute approximate surface area is 119 Å². The molecule has 20 heavy (non-hydrogen) atoms. The summed E-state index contributed by atoms with van der Waals surface area (Å²) >= 11 is 0. The van der Waals surface area contributed by atoms with Crippen molar-refractivity contribution in [3.63, 3.8) is 0 Å². The number of aliphatic imine (C=N–C) groups is 1. The summed E-state index contributed by atoms with van der Waals surface area (Å²) in [6, 6.07) is 10.1. The third-order valence-electron chi connectivity index (χ3n) is 2.94. The van der Waals surface area contributed by atoms with Crippen molar-refractivity contribution in [1.29, 1.82) is 0 Å². The zero-order chi connectivity index (χ0) is 14.2. The number of nitrogens with one attached hydrogen (secondary N) is 2. The summed E-state index contributed by atoms with van der Waals surface area (Å²) in [4.78, 5) is 4.58. The molecule has 0 saturated carbocycles. The minimum atomic E-state index is 0.593. The average Bonchev–Trinajstić information content (AvgIpc) is 2.97. The van der Waals surface area contributed by atoms with Crippen molar-refractivity contribution in [3.05, 3.63) is 53.4 Å². The molecule has 0 aliphatic rings. The predicted molar refractivity (Wildman–Crippen MR) is 79.3 cm³/mol. The van der Waals surface area contributed by atoms with E-state index in [1.807, 2.05) is 25.1 Å². The lowest BCUT2D eigenvalue weighted by Crippen LogP contribution is -2.36. The fourth-order valence-electron chi connectivity index (χ4n) is 1.80. The molecule has 2 rings (SSSR count). The summed E-state index contributed by atoms with van der Waals surface area (Å²) in [6.45, 7) is 6.21. The summed E-state index contributed by atoms with van der Waals surface area (Å²) in [7, 11) is 0. The van der Waals surface area contributed by atoms with Gasteiger partial charge in [0.2, 0.25) is 0 Å². The van der Waals surface area contributed by atoms with Crippen molar-refractivity contribution in [2.75, 3.05) is 6.54 Å². The highest BCUT2D eigenvalue weighted by molar-refractivity contribution is 5.79. The maximum Gasteiger partial charge on any atom is 0.191 e. The fourth-order valence-corrected chi connectivity index (χ4v) is 1.80. The molecule has 106 valence electrons. The molecule has 2 aromatic rings. The van der Waals surface area contributed by atoms with Crippen LogP contribution in [0.25, 0.3) is 0 Å². The smallest absolute Gasteiger partial charge is 0.191 e. The van der Waals surface area contributed by atoms with Crippen LogP contribution in [0.1, 0.15) is 23.7 Å². The normalized spacial score (nSPS) is 11.4. The maximum absolute atomic E-state index is 4.80. The minimum Gasteiger partial charge on any atom is -0.364 e. The summed E-state index contributed by atoms with van der Waals surface area (Å²) < 4.78 is 4.80. The second-order valence-corrected chi connectivity index (χ2v) is 4.47. The van der Waals surface area contributed by atoms with Gasteiger partial charge in [0.1, 0.15) is 12.0 Å². The molecule has 1 aromatic carbocycles. The van der Waals surface area contributed by atoms with Gasteiger partial charge in [-0.15, -0.1) is 0 Å². The Morgan fingerprint density at radius 2 is 2.10 bits per heavy atom. The van der Waals surface area contributed by atoms with Gasteiger partial charge in [-0.2, -0.15) is 0 Å². The Kier molecular flexibility index (Phi) is 5.17. The SMILES string of the molecule is CCNC(=NCc1ccccc1C)NCc1ccon1. The molecule has 0 aliphatic carbocycles. The number of hydrogen-bond donors (Lipinski definition) is 2. The molecule has 1 heterocycles. The van der Waals surface area contributed by atoms with Gasteiger partial charge in [0, 0.05) is 12.6 Å². The van der Waals surface area contributed by atoms with Gasteiger partial charge in [0.15, 0.2) is 5.96 Å². The Hall–Kier alpha value is -2.30. The molecular weight excluding hydrogens is 252 g/mol. The fraction of sp³-hybridized carbons (Fsp3) is 0.333. The van der Waals surface area contributed by atoms with Gasteiger partial charge in [0.05, 0.1) is 13.1 Å². The van der Waals surface area contributed by atoms with Crippen LogP contribution < -0.4 is 10.6 Å². The first-order valence-corrected chi connectivity index (χ1v) is 6.75. The Balaban J connectivity index is 1.96. The van der Waals surface area contributed by atoms with Crippen LogP contribution in [0.2, 0.25) is 0 Å². The van der Waals surface area contributed by atoms with Crippen LogP contribution in [-0.4, -0.2) is 17.7 Å².